The summed E-state index contributed by atoms with van der Waals surface area (Å²) in [5.74, 6) is 0.498. The highest BCUT2D eigenvalue weighted by atomic mass is 15.3. The molecule has 0 aromatic carbocycles. The molecule has 0 spiro atoms. The molecule has 1 aromatic heterocycles. The lowest BCUT2D eigenvalue weighted by Crippen LogP contribution is -2.18. The second-order valence-electron chi connectivity index (χ2n) is 3.82. The number of hydrogen-bond acceptors (Lipinski definition) is 2. The molecule has 0 amide bonds. The van der Waals surface area contributed by atoms with E-state index in [1.807, 2.05) is 6.92 Å². The van der Waals surface area contributed by atoms with Crippen LogP contribution < -0.4 is 5.73 Å². The summed E-state index contributed by atoms with van der Waals surface area (Å²) in [7, 11) is 0. The number of nitrogens with zero attached hydrogens (tertiary/aromatic N) is 2. The standard InChI is InChI=1S/C10H19N3/c1-7(5-11)6-13-10(4)8(2)9(3)12-13/h7H,5-6,11H2,1-4H3. The van der Waals surface area contributed by atoms with E-state index in [9.17, 15) is 0 Å². The van der Waals surface area contributed by atoms with Gasteiger partial charge in [0.15, 0.2) is 0 Å². The zero-order chi connectivity index (χ0) is 10.0. The molecule has 1 heterocycles. The minimum atomic E-state index is 0.498. The van der Waals surface area contributed by atoms with Crippen molar-refractivity contribution in [2.24, 2.45) is 11.7 Å². The van der Waals surface area contributed by atoms with Crippen LogP contribution in [0.3, 0.4) is 0 Å². The van der Waals surface area contributed by atoms with Crippen molar-refractivity contribution in [1.29, 1.82) is 0 Å². The van der Waals surface area contributed by atoms with Gasteiger partial charge in [0.2, 0.25) is 0 Å². The van der Waals surface area contributed by atoms with Crippen LogP contribution in [0.2, 0.25) is 0 Å². The van der Waals surface area contributed by atoms with E-state index in [1.165, 1.54) is 11.3 Å². The van der Waals surface area contributed by atoms with E-state index in [1.54, 1.807) is 0 Å². The Morgan fingerprint density at radius 2 is 2.00 bits per heavy atom. The fourth-order valence-corrected chi connectivity index (χ4v) is 1.33. The van der Waals surface area contributed by atoms with Crippen molar-refractivity contribution in [2.45, 2.75) is 34.2 Å². The van der Waals surface area contributed by atoms with Gasteiger partial charge in [-0.3, -0.25) is 4.68 Å². The zero-order valence-electron chi connectivity index (χ0n) is 8.96. The van der Waals surface area contributed by atoms with Crippen LogP contribution in [-0.4, -0.2) is 16.3 Å². The molecule has 0 fully saturated rings. The minimum Gasteiger partial charge on any atom is -0.330 e. The maximum absolute atomic E-state index is 5.57. The molecule has 0 aliphatic rings. The maximum atomic E-state index is 5.57. The van der Waals surface area contributed by atoms with Gasteiger partial charge in [-0.15, -0.1) is 0 Å². The SMILES string of the molecule is Cc1nn(CC(C)CN)c(C)c1C. The lowest BCUT2D eigenvalue weighted by molar-refractivity contribution is 0.450. The summed E-state index contributed by atoms with van der Waals surface area (Å²) in [6.07, 6.45) is 0. The molecule has 3 nitrogen and oxygen atoms in total. The summed E-state index contributed by atoms with van der Waals surface area (Å²) >= 11 is 0. The highest BCUT2D eigenvalue weighted by Crippen LogP contribution is 2.12. The van der Waals surface area contributed by atoms with E-state index in [0.29, 0.717) is 5.92 Å². The lowest BCUT2D eigenvalue weighted by Gasteiger charge is -2.09. The summed E-state index contributed by atoms with van der Waals surface area (Å²) in [4.78, 5) is 0. The van der Waals surface area contributed by atoms with Crippen LogP contribution in [0.15, 0.2) is 0 Å². The van der Waals surface area contributed by atoms with E-state index in [4.69, 9.17) is 5.73 Å². The van der Waals surface area contributed by atoms with Crippen molar-refractivity contribution in [3.05, 3.63) is 17.0 Å². The van der Waals surface area contributed by atoms with Crippen molar-refractivity contribution in [3.8, 4) is 0 Å². The first kappa shape index (κ1) is 10.3. The van der Waals surface area contributed by atoms with Gasteiger partial charge >= 0.3 is 0 Å². The van der Waals surface area contributed by atoms with E-state index in [-0.39, 0.29) is 0 Å². The molecule has 3 heteroatoms. The second kappa shape index (κ2) is 3.92. The molecule has 0 radical (unpaired) electrons. The Morgan fingerprint density at radius 1 is 1.38 bits per heavy atom. The van der Waals surface area contributed by atoms with Gasteiger partial charge in [0, 0.05) is 12.2 Å². The molecule has 1 unspecified atom stereocenters. The number of nitrogens with two attached hydrogens (primary N) is 1. The Labute approximate surface area is 79.9 Å². The van der Waals surface area contributed by atoms with Crippen molar-refractivity contribution < 1.29 is 0 Å². The summed E-state index contributed by atoms with van der Waals surface area (Å²) in [6, 6.07) is 0. The van der Waals surface area contributed by atoms with Crippen LogP contribution in [0.25, 0.3) is 0 Å². The number of aromatic nitrogens is 2. The van der Waals surface area contributed by atoms with E-state index >= 15 is 0 Å². The van der Waals surface area contributed by atoms with Crippen LogP contribution in [-0.2, 0) is 6.54 Å². The lowest BCUT2D eigenvalue weighted by atomic mass is 10.2. The predicted octanol–water partition coefficient (Wildman–Crippen LogP) is 1.40. The summed E-state index contributed by atoms with van der Waals surface area (Å²) in [5.41, 5.74) is 9.26. The third-order valence-electron chi connectivity index (χ3n) is 2.63. The first-order valence-corrected chi connectivity index (χ1v) is 4.77. The molecular formula is C10H19N3. The minimum absolute atomic E-state index is 0.498. The van der Waals surface area contributed by atoms with Crippen LogP contribution >= 0.6 is 0 Å². The van der Waals surface area contributed by atoms with Crippen LogP contribution in [0.1, 0.15) is 23.9 Å². The molecule has 74 valence electrons. The monoisotopic (exact) mass is 181 g/mol. The van der Waals surface area contributed by atoms with Crippen molar-refractivity contribution in [3.63, 3.8) is 0 Å². The molecule has 0 saturated carbocycles. The van der Waals surface area contributed by atoms with Crippen molar-refractivity contribution >= 4 is 0 Å². The van der Waals surface area contributed by atoms with Gasteiger partial charge in [0.1, 0.15) is 0 Å². The fraction of sp³-hybridized carbons (Fsp3) is 0.700. The van der Waals surface area contributed by atoms with E-state index in [2.05, 4.69) is 30.6 Å². The summed E-state index contributed by atoms with van der Waals surface area (Å²) in [6.45, 7) is 10.1. The van der Waals surface area contributed by atoms with Crippen LogP contribution in [0.4, 0.5) is 0 Å². The normalized spacial score (nSPS) is 13.3. The summed E-state index contributed by atoms with van der Waals surface area (Å²) in [5, 5.41) is 4.46. The van der Waals surface area contributed by atoms with E-state index < -0.39 is 0 Å². The molecular weight excluding hydrogens is 162 g/mol. The van der Waals surface area contributed by atoms with Gasteiger partial charge in [-0.25, -0.2) is 0 Å². The fourth-order valence-electron chi connectivity index (χ4n) is 1.33. The quantitative estimate of drug-likeness (QED) is 0.766. The van der Waals surface area contributed by atoms with Gasteiger partial charge < -0.3 is 5.73 Å². The molecule has 13 heavy (non-hydrogen) atoms. The highest BCUT2D eigenvalue weighted by Gasteiger charge is 2.08. The number of hydrogen-bond donors (Lipinski definition) is 1. The highest BCUT2D eigenvalue weighted by molar-refractivity contribution is 5.22. The van der Waals surface area contributed by atoms with Crippen LogP contribution in [0, 0.1) is 26.7 Å². The Bertz CT molecular complexity index is 289. The van der Waals surface area contributed by atoms with Gasteiger partial charge in [-0.1, -0.05) is 6.92 Å². The molecule has 0 bridgehead atoms. The maximum Gasteiger partial charge on any atom is 0.0625 e. The Balaban J connectivity index is 2.83. The third kappa shape index (κ3) is 2.10. The second-order valence-corrected chi connectivity index (χ2v) is 3.82. The van der Waals surface area contributed by atoms with Gasteiger partial charge in [0.25, 0.3) is 0 Å². The Kier molecular flexibility index (Phi) is 3.09. The Morgan fingerprint density at radius 3 is 2.38 bits per heavy atom. The zero-order valence-corrected chi connectivity index (χ0v) is 8.96. The molecule has 2 N–H and O–H groups in total. The number of aryl methyl sites for hydroxylation is 1. The molecule has 0 saturated heterocycles. The molecule has 1 rings (SSSR count). The van der Waals surface area contributed by atoms with Crippen molar-refractivity contribution in [2.75, 3.05) is 6.54 Å². The van der Waals surface area contributed by atoms with Crippen molar-refractivity contribution in [1.82, 2.24) is 9.78 Å². The largest absolute Gasteiger partial charge is 0.330 e. The van der Waals surface area contributed by atoms with E-state index in [0.717, 1.165) is 18.8 Å². The number of rotatable bonds is 3. The van der Waals surface area contributed by atoms with Crippen LogP contribution in [0.5, 0.6) is 0 Å². The molecule has 0 aliphatic carbocycles. The average Bonchev–Trinajstić information content (AvgIpc) is 2.34. The van der Waals surface area contributed by atoms with Gasteiger partial charge in [-0.05, 0) is 38.8 Å². The third-order valence-corrected chi connectivity index (χ3v) is 2.63. The first-order valence-electron chi connectivity index (χ1n) is 4.77. The van der Waals surface area contributed by atoms with Gasteiger partial charge in [-0.2, -0.15) is 5.10 Å². The summed E-state index contributed by atoms with van der Waals surface area (Å²) < 4.78 is 2.06. The van der Waals surface area contributed by atoms with Gasteiger partial charge in [0.05, 0.1) is 5.69 Å². The predicted molar refractivity (Wildman–Crippen MR) is 54.7 cm³/mol. The molecule has 1 aromatic rings. The topological polar surface area (TPSA) is 43.8 Å². The molecule has 1 atom stereocenters. The first-order chi connectivity index (χ1) is 6.06. The average molecular weight is 181 g/mol. The Hall–Kier alpha value is -0.830. The molecule has 0 aliphatic heterocycles. The smallest absolute Gasteiger partial charge is 0.0625 e.